The number of hydrogen-bond donors (Lipinski definition) is 1. The topological polar surface area (TPSA) is 78.4 Å². The van der Waals surface area contributed by atoms with Crippen LogP contribution in [0.3, 0.4) is 0 Å². The van der Waals surface area contributed by atoms with Crippen LogP contribution in [0.25, 0.3) is 0 Å². The Morgan fingerprint density at radius 3 is 2.70 bits per heavy atom. The monoisotopic (exact) mass is 292 g/mol. The minimum Gasteiger partial charge on any atom is -0.489 e. The van der Waals surface area contributed by atoms with E-state index in [4.69, 9.17) is 22.1 Å². The van der Waals surface area contributed by atoms with Crippen molar-refractivity contribution in [2.45, 2.75) is 13.2 Å². The van der Waals surface area contributed by atoms with Gasteiger partial charge >= 0.3 is 0 Å². The largest absolute Gasteiger partial charge is 0.489 e. The molecule has 6 heteroatoms. The molecule has 0 aromatic heterocycles. The highest BCUT2D eigenvalue weighted by atomic mass is 35.5. The van der Waals surface area contributed by atoms with E-state index in [1.807, 2.05) is 12.1 Å². The average molecular weight is 293 g/mol. The molecule has 0 spiro atoms. The number of benzene rings is 2. The Morgan fingerprint density at radius 1 is 1.25 bits per heavy atom. The van der Waals surface area contributed by atoms with Crippen LogP contribution in [0.5, 0.6) is 5.75 Å². The molecular weight excluding hydrogens is 280 g/mol. The van der Waals surface area contributed by atoms with Crippen LogP contribution in [0, 0.1) is 10.1 Å². The number of nitrogens with two attached hydrogens (primary N) is 1. The molecule has 2 aromatic carbocycles. The van der Waals surface area contributed by atoms with Gasteiger partial charge in [0.2, 0.25) is 0 Å². The molecule has 2 aromatic rings. The molecule has 0 saturated heterocycles. The summed E-state index contributed by atoms with van der Waals surface area (Å²) in [5.41, 5.74) is 6.78. The van der Waals surface area contributed by atoms with Crippen molar-refractivity contribution in [1.82, 2.24) is 0 Å². The van der Waals surface area contributed by atoms with Crippen molar-refractivity contribution in [3.8, 4) is 5.75 Å². The van der Waals surface area contributed by atoms with Crippen molar-refractivity contribution in [3.05, 3.63) is 68.7 Å². The number of halogens is 1. The van der Waals surface area contributed by atoms with Crippen LogP contribution in [-0.2, 0) is 13.2 Å². The fourth-order valence-electron chi connectivity index (χ4n) is 1.78. The molecule has 2 rings (SSSR count). The molecule has 0 aliphatic heterocycles. The second kappa shape index (κ2) is 6.36. The zero-order chi connectivity index (χ0) is 14.5. The van der Waals surface area contributed by atoms with Crippen molar-refractivity contribution in [3.63, 3.8) is 0 Å². The molecule has 0 bridgehead atoms. The highest BCUT2D eigenvalue weighted by Crippen LogP contribution is 2.27. The van der Waals surface area contributed by atoms with Gasteiger partial charge in [-0.25, -0.2) is 0 Å². The van der Waals surface area contributed by atoms with Crippen LogP contribution in [0.1, 0.15) is 11.1 Å². The lowest BCUT2D eigenvalue weighted by Crippen LogP contribution is -2.02. The average Bonchev–Trinajstić information content (AvgIpc) is 2.45. The van der Waals surface area contributed by atoms with E-state index in [2.05, 4.69) is 0 Å². The van der Waals surface area contributed by atoms with Crippen molar-refractivity contribution in [1.29, 1.82) is 0 Å². The molecule has 104 valence electrons. The molecule has 2 N–H and O–H groups in total. The van der Waals surface area contributed by atoms with Crippen molar-refractivity contribution in [2.24, 2.45) is 5.73 Å². The van der Waals surface area contributed by atoms with Gasteiger partial charge in [-0.1, -0.05) is 29.8 Å². The highest BCUT2D eigenvalue weighted by Gasteiger charge is 2.17. The number of rotatable bonds is 5. The summed E-state index contributed by atoms with van der Waals surface area (Å²) in [4.78, 5) is 10.5. The summed E-state index contributed by atoms with van der Waals surface area (Å²) in [6.45, 7) is 0.438. The zero-order valence-electron chi connectivity index (χ0n) is 10.6. The van der Waals surface area contributed by atoms with Crippen LogP contribution in [0.4, 0.5) is 5.69 Å². The highest BCUT2D eigenvalue weighted by molar-refractivity contribution is 6.31. The zero-order valence-corrected chi connectivity index (χ0v) is 11.3. The lowest BCUT2D eigenvalue weighted by Gasteiger charge is -2.09. The summed E-state index contributed by atoms with van der Waals surface area (Å²) < 4.78 is 5.56. The quantitative estimate of drug-likeness (QED) is 0.677. The lowest BCUT2D eigenvalue weighted by atomic mass is 10.2. The van der Waals surface area contributed by atoms with Gasteiger partial charge < -0.3 is 10.5 Å². The standard InChI is InChI=1S/C14H13ClN2O3/c15-13-5-2-6-14(17(18)19)12(13)9-20-11-4-1-3-10(7-11)8-16/h1-7H,8-9,16H2. The number of nitro groups is 1. The van der Waals surface area contributed by atoms with Crippen LogP contribution in [-0.4, -0.2) is 4.92 Å². The van der Waals surface area contributed by atoms with E-state index in [1.54, 1.807) is 24.3 Å². The van der Waals surface area contributed by atoms with Crippen molar-refractivity contribution in [2.75, 3.05) is 0 Å². The fourth-order valence-corrected chi connectivity index (χ4v) is 2.00. The van der Waals surface area contributed by atoms with Gasteiger partial charge in [0.25, 0.3) is 5.69 Å². The molecule has 0 atom stereocenters. The number of nitrogens with zero attached hydrogens (tertiary/aromatic N) is 1. The Hall–Kier alpha value is -2.11. The number of hydrogen-bond acceptors (Lipinski definition) is 4. The van der Waals surface area contributed by atoms with Crippen molar-refractivity contribution >= 4 is 17.3 Å². The molecule has 0 amide bonds. The predicted octanol–water partition coefficient (Wildman–Crippen LogP) is 3.29. The Labute approximate surface area is 121 Å². The third-order valence-corrected chi connectivity index (χ3v) is 3.16. The van der Waals surface area contributed by atoms with Crippen molar-refractivity contribution < 1.29 is 9.66 Å². The SMILES string of the molecule is NCc1cccc(OCc2c(Cl)cccc2[N+](=O)[O-])c1. The normalized spacial score (nSPS) is 10.3. The number of ether oxygens (including phenoxy) is 1. The van der Waals surface area contributed by atoms with Crippen LogP contribution in [0.2, 0.25) is 5.02 Å². The first kappa shape index (κ1) is 14.3. The summed E-state index contributed by atoms with van der Waals surface area (Å²) in [5, 5.41) is 11.3. The molecule has 0 heterocycles. The van der Waals surface area contributed by atoms with Gasteiger partial charge in [0, 0.05) is 12.6 Å². The second-order valence-corrected chi connectivity index (χ2v) is 4.54. The van der Waals surface area contributed by atoms with Gasteiger partial charge in [-0.2, -0.15) is 0 Å². The van der Waals surface area contributed by atoms with E-state index in [0.717, 1.165) is 5.56 Å². The van der Waals surface area contributed by atoms with Gasteiger partial charge in [-0.3, -0.25) is 10.1 Å². The van der Waals surface area contributed by atoms with Gasteiger partial charge in [-0.15, -0.1) is 0 Å². The molecule has 0 radical (unpaired) electrons. The summed E-state index contributed by atoms with van der Waals surface area (Å²) in [7, 11) is 0. The van der Waals surface area contributed by atoms with Crippen LogP contribution < -0.4 is 10.5 Å². The summed E-state index contributed by atoms with van der Waals surface area (Å²) in [6, 6.07) is 11.8. The smallest absolute Gasteiger partial charge is 0.277 e. The van der Waals surface area contributed by atoms with Gasteiger partial charge in [0.1, 0.15) is 12.4 Å². The van der Waals surface area contributed by atoms with E-state index in [1.165, 1.54) is 6.07 Å². The van der Waals surface area contributed by atoms with E-state index < -0.39 is 4.92 Å². The lowest BCUT2D eigenvalue weighted by molar-refractivity contribution is -0.385. The third kappa shape index (κ3) is 3.26. The van der Waals surface area contributed by atoms with E-state index in [0.29, 0.717) is 22.9 Å². The Kier molecular flexibility index (Phi) is 4.55. The molecule has 5 nitrogen and oxygen atoms in total. The Balaban J connectivity index is 2.20. The molecule has 20 heavy (non-hydrogen) atoms. The van der Waals surface area contributed by atoms with E-state index in [9.17, 15) is 10.1 Å². The fraction of sp³-hybridized carbons (Fsp3) is 0.143. The van der Waals surface area contributed by atoms with Crippen LogP contribution >= 0.6 is 11.6 Å². The minimum atomic E-state index is -0.471. The maximum Gasteiger partial charge on any atom is 0.277 e. The predicted molar refractivity (Wildman–Crippen MR) is 76.8 cm³/mol. The summed E-state index contributed by atoms with van der Waals surface area (Å²) >= 11 is 5.99. The van der Waals surface area contributed by atoms with E-state index >= 15 is 0 Å². The molecule has 0 aliphatic rings. The molecule has 0 aliphatic carbocycles. The van der Waals surface area contributed by atoms with Gasteiger partial charge in [0.15, 0.2) is 0 Å². The first-order valence-electron chi connectivity index (χ1n) is 5.95. The Morgan fingerprint density at radius 2 is 2.00 bits per heavy atom. The summed E-state index contributed by atoms with van der Waals surface area (Å²) in [5.74, 6) is 0.599. The molecule has 0 unspecified atom stereocenters. The number of nitro benzene ring substituents is 1. The maximum atomic E-state index is 11.0. The Bertz CT molecular complexity index is 632. The summed E-state index contributed by atoms with van der Waals surface area (Å²) in [6.07, 6.45) is 0. The second-order valence-electron chi connectivity index (χ2n) is 4.13. The minimum absolute atomic E-state index is 0.0318. The molecule has 0 fully saturated rings. The first-order chi connectivity index (χ1) is 9.61. The maximum absolute atomic E-state index is 11.0. The third-order valence-electron chi connectivity index (χ3n) is 2.81. The van der Waals surface area contributed by atoms with Gasteiger partial charge in [0.05, 0.1) is 15.5 Å². The van der Waals surface area contributed by atoms with Crippen LogP contribution in [0.15, 0.2) is 42.5 Å². The molecule has 0 saturated carbocycles. The van der Waals surface area contributed by atoms with Gasteiger partial charge in [-0.05, 0) is 23.8 Å². The van der Waals surface area contributed by atoms with E-state index in [-0.39, 0.29) is 12.3 Å². The molecular formula is C14H13ClN2O3. The first-order valence-corrected chi connectivity index (χ1v) is 6.33.